The molecule has 1 saturated heterocycles. The van der Waals surface area contributed by atoms with Crippen LogP contribution in [0.4, 0.5) is 9.18 Å². The molecule has 178 valence electrons. The number of unbranched alkanes of at least 4 members (excludes halogenated alkanes) is 2. The van der Waals surface area contributed by atoms with Gasteiger partial charge in [-0.15, -0.1) is 0 Å². The molecule has 1 saturated carbocycles. The predicted molar refractivity (Wildman–Crippen MR) is 118 cm³/mol. The van der Waals surface area contributed by atoms with E-state index in [4.69, 9.17) is 4.74 Å². The van der Waals surface area contributed by atoms with Crippen molar-refractivity contribution in [2.24, 2.45) is 5.92 Å². The van der Waals surface area contributed by atoms with Gasteiger partial charge in [0.1, 0.15) is 0 Å². The highest BCUT2D eigenvalue weighted by atomic mass is 32.2. The molecule has 1 aromatic carbocycles. The summed E-state index contributed by atoms with van der Waals surface area (Å²) in [5, 5.41) is 2.27. The first-order chi connectivity index (χ1) is 15.1. The molecule has 1 aliphatic carbocycles. The molecule has 0 unspecified atom stereocenters. The second-order valence-corrected chi connectivity index (χ2v) is 10.8. The van der Waals surface area contributed by atoms with Crippen LogP contribution in [-0.2, 0) is 20.4 Å². The highest BCUT2D eigenvalue weighted by molar-refractivity contribution is 7.89. The molecule has 10 heteroatoms. The van der Waals surface area contributed by atoms with E-state index in [1.165, 1.54) is 6.07 Å². The van der Waals surface area contributed by atoms with Crippen LogP contribution in [0, 0.1) is 11.7 Å². The molecule has 0 radical (unpaired) electrons. The number of carbonyl (C=O) groups excluding carboxylic acids is 2. The molecule has 8 nitrogen and oxygen atoms in total. The number of sulfonamides is 1. The summed E-state index contributed by atoms with van der Waals surface area (Å²) in [4.78, 5) is 24.4. The van der Waals surface area contributed by atoms with Crippen molar-refractivity contribution in [3.63, 3.8) is 0 Å². The van der Waals surface area contributed by atoms with Crippen LogP contribution < -0.4 is 14.8 Å². The van der Waals surface area contributed by atoms with E-state index in [9.17, 15) is 22.4 Å². The smallest absolute Gasteiger partial charge is 0.324 e. The molecule has 32 heavy (non-hydrogen) atoms. The Bertz CT molecular complexity index is 947. The highest BCUT2D eigenvalue weighted by Crippen LogP contribution is 2.47. The summed E-state index contributed by atoms with van der Waals surface area (Å²) in [6.45, 7) is 5.22. The number of benzene rings is 1. The fourth-order valence-electron chi connectivity index (χ4n) is 3.68. The third-order valence-electron chi connectivity index (χ3n) is 5.64. The van der Waals surface area contributed by atoms with E-state index in [1.807, 2.05) is 13.8 Å². The Labute approximate surface area is 188 Å². The van der Waals surface area contributed by atoms with E-state index in [1.54, 1.807) is 17.0 Å². The van der Waals surface area contributed by atoms with Gasteiger partial charge in [-0.25, -0.2) is 22.3 Å². The molecular weight excluding hydrogens is 437 g/mol. The monoisotopic (exact) mass is 469 g/mol. The van der Waals surface area contributed by atoms with Gasteiger partial charge in [-0.2, -0.15) is 0 Å². The Kier molecular flexibility index (Phi) is 7.76. The van der Waals surface area contributed by atoms with Crippen molar-refractivity contribution in [1.29, 1.82) is 0 Å². The minimum Gasteiger partial charge on any atom is -0.490 e. The lowest BCUT2D eigenvalue weighted by Gasteiger charge is -2.26. The standard InChI is InChI=1S/C22H32FN3O5S/c1-16(2)15-31-19-14-17(6-7-18(19)23)22(9-10-22)25-32(29,30)13-5-3-4-11-26-12-8-20(27)24-21(26)28/h6-7,14,16,25H,3-5,8-13,15H2,1-2H3,(H,24,27,28). The largest absolute Gasteiger partial charge is 0.490 e. The summed E-state index contributed by atoms with van der Waals surface area (Å²) in [6, 6.07) is 4.15. The van der Waals surface area contributed by atoms with Gasteiger partial charge < -0.3 is 9.64 Å². The molecule has 1 heterocycles. The van der Waals surface area contributed by atoms with Crippen molar-refractivity contribution in [3.05, 3.63) is 29.6 Å². The first-order valence-corrected chi connectivity index (χ1v) is 12.8. The van der Waals surface area contributed by atoms with Gasteiger partial charge in [-0.3, -0.25) is 10.1 Å². The second-order valence-electron chi connectivity index (χ2n) is 9.00. The molecule has 0 aromatic heterocycles. The first-order valence-electron chi connectivity index (χ1n) is 11.1. The van der Waals surface area contributed by atoms with Gasteiger partial charge in [0.05, 0.1) is 17.9 Å². The lowest BCUT2D eigenvalue weighted by atomic mass is 10.1. The molecule has 2 fully saturated rings. The Hall–Kier alpha value is -2.20. The zero-order valence-corrected chi connectivity index (χ0v) is 19.5. The summed E-state index contributed by atoms with van der Waals surface area (Å²) >= 11 is 0. The van der Waals surface area contributed by atoms with Crippen LogP contribution in [0.3, 0.4) is 0 Å². The number of nitrogens with one attached hydrogen (secondary N) is 2. The number of imide groups is 1. The van der Waals surface area contributed by atoms with Crippen LogP contribution in [-0.4, -0.2) is 50.7 Å². The number of ether oxygens (including phenoxy) is 1. The van der Waals surface area contributed by atoms with Crippen LogP contribution in [0.15, 0.2) is 18.2 Å². The molecule has 0 atom stereocenters. The molecule has 0 spiro atoms. The number of halogens is 1. The maximum atomic E-state index is 14.1. The van der Waals surface area contributed by atoms with E-state index >= 15 is 0 Å². The van der Waals surface area contributed by atoms with E-state index in [0.717, 1.165) is 0 Å². The number of hydrogen-bond donors (Lipinski definition) is 2. The first kappa shape index (κ1) is 24.4. The van der Waals surface area contributed by atoms with Crippen molar-refractivity contribution in [1.82, 2.24) is 14.9 Å². The summed E-state index contributed by atoms with van der Waals surface area (Å²) in [5.74, 6) is -0.350. The molecule has 0 bridgehead atoms. The quantitative estimate of drug-likeness (QED) is 0.458. The zero-order chi connectivity index (χ0) is 23.4. The Morgan fingerprint density at radius 3 is 2.62 bits per heavy atom. The van der Waals surface area contributed by atoms with Crippen LogP contribution in [0.1, 0.15) is 57.9 Å². The topological polar surface area (TPSA) is 105 Å². The van der Waals surface area contributed by atoms with Crippen LogP contribution in [0.5, 0.6) is 5.75 Å². The van der Waals surface area contributed by atoms with Gasteiger partial charge >= 0.3 is 6.03 Å². The van der Waals surface area contributed by atoms with Crippen molar-refractivity contribution in [2.45, 2.75) is 57.9 Å². The number of nitrogens with zero attached hydrogens (tertiary/aromatic N) is 1. The highest BCUT2D eigenvalue weighted by Gasteiger charge is 2.47. The molecule has 2 aliphatic rings. The summed E-state index contributed by atoms with van der Waals surface area (Å²) < 4.78 is 47.7. The lowest BCUT2D eigenvalue weighted by Crippen LogP contribution is -2.49. The minimum atomic E-state index is -3.52. The maximum Gasteiger partial charge on any atom is 0.324 e. The minimum absolute atomic E-state index is 0.0165. The molecule has 3 rings (SSSR count). The number of hydrogen-bond acceptors (Lipinski definition) is 5. The van der Waals surface area contributed by atoms with Gasteiger partial charge in [0, 0.05) is 19.5 Å². The van der Waals surface area contributed by atoms with Crippen molar-refractivity contribution in [2.75, 3.05) is 25.4 Å². The number of rotatable bonds is 12. The third-order valence-corrected chi connectivity index (χ3v) is 7.17. The fraction of sp³-hybridized carbons (Fsp3) is 0.636. The normalized spacial score (nSPS) is 18.1. The number of urea groups is 1. The Balaban J connectivity index is 1.48. The third kappa shape index (κ3) is 6.65. The van der Waals surface area contributed by atoms with E-state index in [0.29, 0.717) is 63.8 Å². The van der Waals surface area contributed by atoms with Crippen molar-refractivity contribution < 1.29 is 27.1 Å². The fourth-order valence-corrected chi connectivity index (χ4v) is 5.28. The number of carbonyl (C=O) groups is 2. The van der Waals surface area contributed by atoms with Crippen LogP contribution in [0.2, 0.25) is 0 Å². The van der Waals surface area contributed by atoms with E-state index in [2.05, 4.69) is 10.0 Å². The molecule has 1 aliphatic heterocycles. The average molecular weight is 470 g/mol. The molecule has 2 N–H and O–H groups in total. The molecule has 1 aromatic rings. The summed E-state index contributed by atoms with van der Waals surface area (Å²) in [6.07, 6.45) is 3.38. The van der Waals surface area contributed by atoms with Crippen LogP contribution >= 0.6 is 0 Å². The van der Waals surface area contributed by atoms with E-state index in [-0.39, 0.29) is 29.4 Å². The molecule has 3 amide bonds. The Morgan fingerprint density at radius 1 is 1.22 bits per heavy atom. The zero-order valence-electron chi connectivity index (χ0n) is 18.7. The van der Waals surface area contributed by atoms with Gasteiger partial charge in [0.15, 0.2) is 11.6 Å². The Morgan fingerprint density at radius 2 is 1.97 bits per heavy atom. The SMILES string of the molecule is CC(C)COc1cc(C2(NS(=O)(=O)CCCCCN3CCC(=O)NC3=O)CC2)ccc1F. The van der Waals surface area contributed by atoms with Gasteiger partial charge in [-0.05, 0) is 49.3 Å². The van der Waals surface area contributed by atoms with Crippen molar-refractivity contribution >= 4 is 22.0 Å². The summed E-state index contributed by atoms with van der Waals surface area (Å²) in [7, 11) is -3.52. The molecular formula is C22H32FN3O5S. The van der Waals surface area contributed by atoms with Crippen molar-refractivity contribution in [3.8, 4) is 5.75 Å². The van der Waals surface area contributed by atoms with Crippen LogP contribution in [0.25, 0.3) is 0 Å². The summed E-state index contributed by atoms with van der Waals surface area (Å²) in [5.41, 5.74) is 0.0212. The lowest BCUT2D eigenvalue weighted by molar-refractivity contribution is -0.121. The van der Waals surface area contributed by atoms with Gasteiger partial charge in [0.2, 0.25) is 15.9 Å². The predicted octanol–water partition coefficient (Wildman–Crippen LogP) is 2.88. The maximum absolute atomic E-state index is 14.1. The van der Waals surface area contributed by atoms with E-state index < -0.39 is 21.4 Å². The van der Waals surface area contributed by atoms with Gasteiger partial charge in [-0.1, -0.05) is 26.3 Å². The second kappa shape index (κ2) is 10.2. The number of amides is 3. The van der Waals surface area contributed by atoms with Gasteiger partial charge in [0.25, 0.3) is 0 Å². The average Bonchev–Trinajstić information content (AvgIpc) is 3.48.